The first-order valence-corrected chi connectivity index (χ1v) is 5.44. The fourth-order valence-corrected chi connectivity index (χ4v) is 2.31. The van der Waals surface area contributed by atoms with Crippen LogP contribution in [0.3, 0.4) is 0 Å². The number of anilines is 1. The van der Waals surface area contributed by atoms with Crippen LogP contribution in [0.1, 0.15) is 17.3 Å². The van der Waals surface area contributed by atoms with Crippen molar-refractivity contribution in [2.75, 3.05) is 25.6 Å². The Morgan fingerprint density at radius 2 is 2.06 bits per heavy atom. The normalized spacial score (nSPS) is 23.2. The van der Waals surface area contributed by atoms with E-state index in [2.05, 4.69) is 0 Å². The van der Waals surface area contributed by atoms with Crippen LogP contribution in [0, 0.1) is 5.41 Å². The number of Topliss-reactive ketones (excluding diaryl/α,β-unsaturated/α-hetero) is 1. The number of carbonyl (C=O) groups is 2. The average molecular weight is 233 g/mol. The van der Waals surface area contributed by atoms with Gasteiger partial charge in [0.25, 0.3) is 0 Å². The molecule has 1 atom stereocenters. The zero-order valence-electron chi connectivity index (χ0n) is 10.2. The summed E-state index contributed by atoms with van der Waals surface area (Å²) in [6, 6.07) is 7.30. The van der Waals surface area contributed by atoms with E-state index < -0.39 is 11.4 Å². The molecule has 0 spiro atoms. The number of hydrogen-bond donors (Lipinski definition) is 0. The summed E-state index contributed by atoms with van der Waals surface area (Å²) in [6.07, 6.45) is 0. The highest BCUT2D eigenvalue weighted by Crippen LogP contribution is 2.36. The van der Waals surface area contributed by atoms with Crippen molar-refractivity contribution < 1.29 is 14.3 Å². The summed E-state index contributed by atoms with van der Waals surface area (Å²) in [5.41, 5.74) is 0.325. The molecule has 0 amide bonds. The van der Waals surface area contributed by atoms with Crippen LogP contribution in [-0.2, 0) is 9.53 Å². The molecule has 0 radical (unpaired) electrons. The minimum absolute atomic E-state index is 0.168. The van der Waals surface area contributed by atoms with E-state index in [1.807, 2.05) is 24.1 Å². The topological polar surface area (TPSA) is 46.6 Å². The second kappa shape index (κ2) is 3.87. The lowest BCUT2D eigenvalue weighted by Gasteiger charge is -2.37. The maximum atomic E-state index is 12.4. The number of methoxy groups -OCH3 is 1. The Morgan fingerprint density at radius 1 is 1.41 bits per heavy atom. The molecule has 0 fully saturated rings. The number of nitrogens with zero attached hydrogens (tertiary/aromatic N) is 1. The van der Waals surface area contributed by atoms with Crippen LogP contribution in [0.4, 0.5) is 5.69 Å². The first-order valence-electron chi connectivity index (χ1n) is 5.44. The standard InChI is InChI=1S/C13H15NO3/c1-13(12(16)17-3)8-14(2)10-7-5-4-6-9(10)11(13)15/h4-7H,8H2,1-3H3. The fourth-order valence-electron chi connectivity index (χ4n) is 2.31. The molecule has 4 nitrogen and oxygen atoms in total. The molecule has 1 heterocycles. The van der Waals surface area contributed by atoms with Gasteiger partial charge in [-0.2, -0.15) is 0 Å². The second-order valence-electron chi connectivity index (χ2n) is 4.53. The van der Waals surface area contributed by atoms with E-state index in [1.165, 1.54) is 7.11 Å². The van der Waals surface area contributed by atoms with Crippen molar-refractivity contribution in [2.24, 2.45) is 5.41 Å². The number of esters is 1. The summed E-state index contributed by atoms with van der Waals surface area (Å²) in [5.74, 6) is -0.651. The molecular formula is C13H15NO3. The lowest BCUT2D eigenvalue weighted by atomic mass is 9.78. The summed E-state index contributed by atoms with van der Waals surface area (Å²) in [5, 5.41) is 0. The van der Waals surface area contributed by atoms with Crippen LogP contribution >= 0.6 is 0 Å². The summed E-state index contributed by atoms with van der Waals surface area (Å²) in [6.45, 7) is 1.98. The van der Waals surface area contributed by atoms with Gasteiger partial charge >= 0.3 is 5.97 Å². The maximum Gasteiger partial charge on any atom is 0.321 e. The van der Waals surface area contributed by atoms with Crippen LogP contribution in [0.5, 0.6) is 0 Å². The molecule has 0 saturated heterocycles. The first-order chi connectivity index (χ1) is 8.00. The minimum atomic E-state index is -1.11. The van der Waals surface area contributed by atoms with E-state index in [0.29, 0.717) is 12.1 Å². The third-order valence-corrected chi connectivity index (χ3v) is 3.25. The molecule has 17 heavy (non-hydrogen) atoms. The SMILES string of the molecule is COC(=O)C1(C)CN(C)c2ccccc2C1=O. The fraction of sp³-hybridized carbons (Fsp3) is 0.385. The molecule has 4 heteroatoms. The zero-order chi connectivity index (χ0) is 12.6. The first kappa shape index (κ1) is 11.6. The van der Waals surface area contributed by atoms with Gasteiger partial charge < -0.3 is 9.64 Å². The number of benzene rings is 1. The summed E-state index contributed by atoms with van der Waals surface area (Å²) >= 11 is 0. The van der Waals surface area contributed by atoms with Crippen LogP contribution in [0.25, 0.3) is 0 Å². The van der Waals surface area contributed by atoms with Gasteiger partial charge in [0.1, 0.15) is 5.41 Å². The van der Waals surface area contributed by atoms with Crippen LogP contribution in [0.2, 0.25) is 0 Å². The van der Waals surface area contributed by atoms with E-state index in [9.17, 15) is 9.59 Å². The molecule has 0 saturated carbocycles. The smallest absolute Gasteiger partial charge is 0.321 e. The Morgan fingerprint density at radius 3 is 2.71 bits per heavy atom. The lowest BCUT2D eigenvalue weighted by Crippen LogP contribution is -2.50. The van der Waals surface area contributed by atoms with Crippen molar-refractivity contribution in [3.8, 4) is 0 Å². The zero-order valence-corrected chi connectivity index (χ0v) is 10.2. The number of fused-ring (bicyclic) bond motifs is 1. The largest absolute Gasteiger partial charge is 0.468 e. The van der Waals surface area contributed by atoms with E-state index in [0.717, 1.165) is 5.69 Å². The van der Waals surface area contributed by atoms with Gasteiger partial charge in [-0.25, -0.2) is 0 Å². The van der Waals surface area contributed by atoms with Gasteiger partial charge in [0, 0.05) is 24.8 Å². The van der Waals surface area contributed by atoms with Gasteiger partial charge in [0.05, 0.1) is 7.11 Å². The van der Waals surface area contributed by atoms with Crippen molar-refractivity contribution in [3.63, 3.8) is 0 Å². The van der Waals surface area contributed by atoms with Crippen LogP contribution < -0.4 is 4.90 Å². The number of ketones is 1. The molecule has 2 rings (SSSR count). The van der Waals surface area contributed by atoms with Gasteiger partial charge in [-0.05, 0) is 19.1 Å². The molecule has 1 unspecified atom stereocenters. The molecule has 0 aliphatic carbocycles. The van der Waals surface area contributed by atoms with E-state index in [4.69, 9.17) is 4.74 Å². The third-order valence-electron chi connectivity index (χ3n) is 3.25. The van der Waals surface area contributed by atoms with Crippen molar-refractivity contribution in [1.29, 1.82) is 0 Å². The Bertz CT molecular complexity index is 483. The predicted octanol–water partition coefficient (Wildman–Crippen LogP) is 1.50. The summed E-state index contributed by atoms with van der Waals surface area (Å²) in [4.78, 5) is 26.1. The highest BCUT2D eigenvalue weighted by molar-refractivity contribution is 6.16. The second-order valence-corrected chi connectivity index (χ2v) is 4.53. The Labute approximate surface area is 100 Å². The van der Waals surface area contributed by atoms with Crippen LogP contribution in [-0.4, -0.2) is 32.5 Å². The summed E-state index contributed by atoms with van der Waals surface area (Å²) in [7, 11) is 3.17. The van der Waals surface area contributed by atoms with Crippen molar-refractivity contribution in [2.45, 2.75) is 6.92 Å². The van der Waals surface area contributed by atoms with Crippen molar-refractivity contribution in [1.82, 2.24) is 0 Å². The quantitative estimate of drug-likeness (QED) is 0.544. The highest BCUT2D eigenvalue weighted by atomic mass is 16.5. The third kappa shape index (κ3) is 1.60. The van der Waals surface area contributed by atoms with Gasteiger partial charge in [-0.3, -0.25) is 9.59 Å². The van der Waals surface area contributed by atoms with Gasteiger partial charge in [-0.15, -0.1) is 0 Å². The molecule has 1 aliphatic heterocycles. The summed E-state index contributed by atoms with van der Waals surface area (Å²) < 4.78 is 4.74. The average Bonchev–Trinajstić information content (AvgIpc) is 2.35. The molecule has 90 valence electrons. The maximum absolute atomic E-state index is 12.4. The van der Waals surface area contributed by atoms with Gasteiger partial charge in [0.15, 0.2) is 5.78 Å². The molecule has 1 aromatic rings. The number of hydrogen-bond acceptors (Lipinski definition) is 4. The minimum Gasteiger partial charge on any atom is -0.468 e. The Balaban J connectivity index is 2.53. The van der Waals surface area contributed by atoms with E-state index in [-0.39, 0.29) is 5.78 Å². The number of rotatable bonds is 1. The van der Waals surface area contributed by atoms with Gasteiger partial charge in [0.2, 0.25) is 0 Å². The monoisotopic (exact) mass is 233 g/mol. The lowest BCUT2D eigenvalue weighted by molar-refractivity contribution is -0.148. The molecule has 0 bridgehead atoms. The van der Waals surface area contributed by atoms with E-state index in [1.54, 1.807) is 19.1 Å². The number of para-hydroxylation sites is 1. The van der Waals surface area contributed by atoms with Crippen LogP contribution in [0.15, 0.2) is 24.3 Å². The van der Waals surface area contributed by atoms with Crippen molar-refractivity contribution >= 4 is 17.4 Å². The highest BCUT2D eigenvalue weighted by Gasteiger charge is 2.47. The number of ether oxygens (including phenoxy) is 1. The molecule has 0 N–H and O–H groups in total. The predicted molar refractivity (Wildman–Crippen MR) is 64.2 cm³/mol. The van der Waals surface area contributed by atoms with Gasteiger partial charge in [-0.1, -0.05) is 12.1 Å². The van der Waals surface area contributed by atoms with E-state index >= 15 is 0 Å². The number of carbonyl (C=O) groups excluding carboxylic acids is 2. The Kier molecular flexibility index (Phi) is 2.65. The van der Waals surface area contributed by atoms with Crippen molar-refractivity contribution in [3.05, 3.63) is 29.8 Å². The Hall–Kier alpha value is -1.84. The molecule has 1 aliphatic rings. The molecule has 1 aromatic carbocycles. The molecular weight excluding hydrogens is 218 g/mol. The molecule has 0 aromatic heterocycles.